The molecule has 1 aromatic rings. The Balaban J connectivity index is 1.95. The molecule has 1 aliphatic carbocycles. The smallest absolute Gasteiger partial charge is 0.0664 e. The zero-order valence-corrected chi connectivity index (χ0v) is 11.8. The summed E-state index contributed by atoms with van der Waals surface area (Å²) in [7, 11) is 0. The van der Waals surface area contributed by atoms with Crippen LogP contribution in [0.3, 0.4) is 0 Å². The Morgan fingerprint density at radius 2 is 1.85 bits per heavy atom. The second kappa shape index (κ2) is 5.33. The van der Waals surface area contributed by atoms with Crippen molar-refractivity contribution in [2.24, 2.45) is 4.99 Å². The van der Waals surface area contributed by atoms with Crippen molar-refractivity contribution in [2.45, 2.75) is 19.8 Å². The van der Waals surface area contributed by atoms with Gasteiger partial charge in [0.2, 0.25) is 0 Å². The Morgan fingerprint density at radius 3 is 2.70 bits per heavy atom. The van der Waals surface area contributed by atoms with Gasteiger partial charge < -0.3 is 4.98 Å². The van der Waals surface area contributed by atoms with Gasteiger partial charge in [-0.05, 0) is 29.2 Å². The number of fused-ring (bicyclic) bond motifs is 1. The van der Waals surface area contributed by atoms with Crippen molar-refractivity contribution in [2.75, 3.05) is 0 Å². The van der Waals surface area contributed by atoms with Crippen LogP contribution in [0.2, 0.25) is 0 Å². The second-order valence-corrected chi connectivity index (χ2v) is 5.26. The van der Waals surface area contributed by atoms with Crippen LogP contribution >= 0.6 is 0 Å². The molecule has 2 nitrogen and oxygen atoms in total. The van der Waals surface area contributed by atoms with Gasteiger partial charge in [-0.15, -0.1) is 0 Å². The zero-order chi connectivity index (χ0) is 13.9. The summed E-state index contributed by atoms with van der Waals surface area (Å²) in [5.41, 5.74) is 5.81. The molecule has 1 aliphatic heterocycles. The average Bonchev–Trinajstić information content (AvgIpc) is 2.88. The van der Waals surface area contributed by atoms with Gasteiger partial charge in [0.1, 0.15) is 0 Å². The number of hydrogen-bond acceptors (Lipinski definition) is 1. The molecule has 0 saturated carbocycles. The molecule has 0 saturated heterocycles. The van der Waals surface area contributed by atoms with Crippen LogP contribution in [0.25, 0.3) is 11.3 Å². The van der Waals surface area contributed by atoms with Crippen molar-refractivity contribution < 1.29 is 0 Å². The average molecular weight is 262 g/mol. The number of rotatable bonds is 3. The van der Waals surface area contributed by atoms with Crippen molar-refractivity contribution in [3.8, 4) is 11.3 Å². The highest BCUT2D eigenvalue weighted by Crippen LogP contribution is 2.28. The van der Waals surface area contributed by atoms with Gasteiger partial charge in [0.15, 0.2) is 0 Å². The van der Waals surface area contributed by atoms with Gasteiger partial charge in [-0.3, -0.25) is 4.99 Å². The van der Waals surface area contributed by atoms with Crippen LogP contribution in [0.1, 0.15) is 30.9 Å². The Bertz CT molecular complexity index is 707. The fraction of sp³-hybridized carbons (Fsp3) is 0.167. The van der Waals surface area contributed by atoms with Gasteiger partial charge in [-0.2, -0.15) is 0 Å². The van der Waals surface area contributed by atoms with Crippen LogP contribution in [0.15, 0.2) is 59.7 Å². The fourth-order valence-corrected chi connectivity index (χ4v) is 2.44. The number of benzene rings is 1. The van der Waals surface area contributed by atoms with Crippen LogP contribution in [0, 0.1) is 0 Å². The number of nitrogens with one attached hydrogen (secondary N) is 1. The number of aromatic nitrogens is 1. The van der Waals surface area contributed by atoms with Crippen molar-refractivity contribution >= 4 is 11.9 Å². The quantitative estimate of drug-likeness (QED) is 0.644. The fourth-order valence-electron chi connectivity index (χ4n) is 2.44. The molecule has 1 N–H and O–H groups in total. The maximum atomic E-state index is 4.68. The zero-order valence-electron chi connectivity index (χ0n) is 11.8. The van der Waals surface area contributed by atoms with E-state index in [9.17, 15) is 0 Å². The van der Waals surface area contributed by atoms with Gasteiger partial charge in [0.25, 0.3) is 0 Å². The third-order valence-corrected chi connectivity index (χ3v) is 3.52. The first-order valence-electron chi connectivity index (χ1n) is 6.95. The minimum Gasteiger partial charge on any atom is -0.361 e. The molecule has 1 heterocycles. The third kappa shape index (κ3) is 2.37. The maximum Gasteiger partial charge on any atom is 0.0664 e. The van der Waals surface area contributed by atoms with E-state index in [0.717, 1.165) is 16.9 Å². The van der Waals surface area contributed by atoms with Crippen LogP contribution in [0.4, 0.5) is 5.69 Å². The minimum atomic E-state index is 0.478. The molecule has 0 atom stereocenters. The lowest BCUT2D eigenvalue weighted by molar-refractivity contribution is 0.867. The molecule has 100 valence electrons. The first-order chi connectivity index (χ1) is 9.75. The SMILES string of the molecule is CC(C)c1ccccc1N=Cc1ccc2ccc[nH]c1-2. The molecule has 20 heavy (non-hydrogen) atoms. The predicted octanol–water partition coefficient (Wildman–Crippen LogP) is 4.99. The first-order valence-corrected chi connectivity index (χ1v) is 6.95. The first kappa shape index (κ1) is 12.7. The summed E-state index contributed by atoms with van der Waals surface area (Å²) in [4.78, 5) is 7.96. The largest absolute Gasteiger partial charge is 0.361 e. The van der Waals surface area contributed by atoms with Gasteiger partial charge in [-0.1, -0.05) is 50.2 Å². The lowest BCUT2D eigenvalue weighted by Crippen LogP contribution is -1.89. The summed E-state index contributed by atoms with van der Waals surface area (Å²) in [5.74, 6) is 0.478. The molecule has 1 aromatic carbocycles. The van der Waals surface area contributed by atoms with Crippen molar-refractivity contribution in [3.63, 3.8) is 0 Å². The van der Waals surface area contributed by atoms with Crippen LogP contribution in [0.5, 0.6) is 0 Å². The van der Waals surface area contributed by atoms with Crippen LogP contribution < -0.4 is 0 Å². The van der Waals surface area contributed by atoms with Gasteiger partial charge in [0.05, 0.1) is 11.4 Å². The normalized spacial score (nSPS) is 11.8. The van der Waals surface area contributed by atoms with Crippen LogP contribution in [-0.4, -0.2) is 11.2 Å². The van der Waals surface area contributed by atoms with E-state index in [1.165, 1.54) is 11.1 Å². The molecule has 0 amide bonds. The number of pyridine rings is 1. The molecule has 2 aliphatic rings. The number of nitrogens with zero attached hydrogens (tertiary/aromatic N) is 1. The Kier molecular flexibility index (Phi) is 3.38. The molecule has 2 heteroatoms. The van der Waals surface area contributed by atoms with E-state index in [1.54, 1.807) is 0 Å². The highest BCUT2D eigenvalue weighted by molar-refractivity contribution is 5.92. The third-order valence-electron chi connectivity index (χ3n) is 3.52. The molecular weight excluding hydrogens is 244 g/mol. The monoisotopic (exact) mass is 262 g/mol. The van der Waals surface area contributed by atoms with Crippen molar-refractivity contribution in [3.05, 3.63) is 65.9 Å². The predicted molar refractivity (Wildman–Crippen MR) is 85.2 cm³/mol. The van der Waals surface area contributed by atoms with E-state index < -0.39 is 0 Å². The van der Waals surface area contributed by atoms with Gasteiger partial charge in [-0.25, -0.2) is 0 Å². The van der Waals surface area contributed by atoms with Crippen molar-refractivity contribution in [1.29, 1.82) is 0 Å². The summed E-state index contributed by atoms with van der Waals surface area (Å²) in [6.45, 7) is 4.39. The molecule has 0 aromatic heterocycles. The van der Waals surface area contributed by atoms with E-state index >= 15 is 0 Å². The summed E-state index contributed by atoms with van der Waals surface area (Å²) in [5, 5.41) is 0. The maximum absolute atomic E-state index is 4.68. The van der Waals surface area contributed by atoms with E-state index in [-0.39, 0.29) is 0 Å². The molecule has 0 spiro atoms. The molecule has 0 radical (unpaired) electrons. The molecule has 0 bridgehead atoms. The number of hydrogen-bond donors (Lipinski definition) is 1. The second-order valence-electron chi connectivity index (χ2n) is 5.26. The Labute approximate surface area is 119 Å². The van der Waals surface area contributed by atoms with E-state index in [1.807, 2.05) is 24.5 Å². The molecule has 0 unspecified atom stereocenters. The highest BCUT2D eigenvalue weighted by atomic mass is 14.7. The lowest BCUT2D eigenvalue weighted by Gasteiger charge is -2.08. The Hall–Kier alpha value is -2.35. The summed E-state index contributed by atoms with van der Waals surface area (Å²) < 4.78 is 0. The summed E-state index contributed by atoms with van der Waals surface area (Å²) >= 11 is 0. The minimum absolute atomic E-state index is 0.478. The topological polar surface area (TPSA) is 28.1 Å². The number of H-pyrrole nitrogens is 1. The van der Waals surface area contributed by atoms with E-state index in [0.29, 0.717) is 5.92 Å². The summed E-state index contributed by atoms with van der Waals surface area (Å²) in [6.07, 6.45) is 3.89. The van der Waals surface area contributed by atoms with Crippen LogP contribution in [-0.2, 0) is 0 Å². The molecule has 3 rings (SSSR count). The number of para-hydroxylation sites is 1. The molecule has 0 fully saturated rings. The Morgan fingerprint density at radius 1 is 1.00 bits per heavy atom. The standard InChI is InChI=1S/C18H18N2/c1-13(2)16-7-3-4-8-17(16)20-12-15-10-9-14-6-5-11-19-18(14)15/h3-13,19H,1-2H3. The summed E-state index contributed by atoms with van der Waals surface area (Å²) in [6, 6.07) is 16.6. The van der Waals surface area contributed by atoms with E-state index in [4.69, 9.17) is 0 Å². The van der Waals surface area contributed by atoms with Gasteiger partial charge in [0, 0.05) is 18.0 Å². The van der Waals surface area contributed by atoms with E-state index in [2.05, 4.69) is 60.2 Å². The van der Waals surface area contributed by atoms with Gasteiger partial charge >= 0.3 is 0 Å². The lowest BCUT2D eigenvalue weighted by atomic mass is 10.0. The van der Waals surface area contributed by atoms with Crippen molar-refractivity contribution in [1.82, 2.24) is 4.98 Å². The molecular formula is C18H18N2. The number of aromatic amines is 1. The highest BCUT2D eigenvalue weighted by Gasteiger charge is 2.08. The number of aliphatic imine (C=N–C) groups is 1.